The maximum absolute atomic E-state index is 11.2. The van der Waals surface area contributed by atoms with Crippen LogP contribution in [-0.2, 0) is 10.1 Å². The Kier molecular flexibility index (Phi) is 3.92. The number of rotatable bonds is 3. The van der Waals surface area contributed by atoms with E-state index in [4.69, 9.17) is 4.55 Å². The van der Waals surface area contributed by atoms with Crippen LogP contribution in [0.25, 0.3) is 10.8 Å². The monoisotopic (exact) mass is 344 g/mol. The summed E-state index contributed by atoms with van der Waals surface area (Å²) in [7, 11) is -4.58. The first-order valence-electron chi connectivity index (χ1n) is 6.80. The number of phenolic OH excluding ortho intramolecular Hbond substituents is 2. The number of fused-ring (bicyclic) bond motifs is 1. The molecule has 3 rings (SSSR count). The molecule has 0 bridgehead atoms. The lowest BCUT2D eigenvalue weighted by molar-refractivity contribution is 0.444. The third-order valence-electron chi connectivity index (χ3n) is 3.39. The summed E-state index contributed by atoms with van der Waals surface area (Å²) in [6, 6.07) is 14.1. The highest BCUT2D eigenvalue weighted by atomic mass is 32.2. The maximum atomic E-state index is 11.2. The molecule has 24 heavy (non-hydrogen) atoms. The van der Waals surface area contributed by atoms with Crippen LogP contribution in [0.15, 0.2) is 69.7 Å². The van der Waals surface area contributed by atoms with Gasteiger partial charge in [0.1, 0.15) is 22.0 Å². The molecule has 0 atom stereocenters. The third-order valence-corrected chi connectivity index (χ3v) is 4.28. The molecule has 0 saturated carbocycles. The quantitative estimate of drug-likeness (QED) is 0.491. The fourth-order valence-electron chi connectivity index (χ4n) is 2.25. The van der Waals surface area contributed by atoms with E-state index in [1.165, 1.54) is 18.2 Å². The summed E-state index contributed by atoms with van der Waals surface area (Å²) in [5.41, 5.74) is 0.0298. The average molecular weight is 344 g/mol. The Bertz CT molecular complexity index is 1060. The van der Waals surface area contributed by atoms with Gasteiger partial charge in [0.15, 0.2) is 5.75 Å². The molecule has 0 saturated heterocycles. The Hall–Kier alpha value is -2.97. The minimum absolute atomic E-state index is 0.108. The minimum atomic E-state index is -4.58. The van der Waals surface area contributed by atoms with Crippen molar-refractivity contribution < 1.29 is 23.2 Å². The number of para-hydroxylation sites is 1. The molecule has 0 spiro atoms. The predicted molar refractivity (Wildman–Crippen MR) is 87.7 cm³/mol. The van der Waals surface area contributed by atoms with Crippen molar-refractivity contribution in [3.05, 3.63) is 54.6 Å². The van der Waals surface area contributed by atoms with Gasteiger partial charge in [0.25, 0.3) is 10.1 Å². The van der Waals surface area contributed by atoms with Gasteiger partial charge in [0.05, 0.1) is 0 Å². The van der Waals surface area contributed by atoms with Crippen LogP contribution in [0.1, 0.15) is 0 Å². The number of benzene rings is 3. The van der Waals surface area contributed by atoms with E-state index in [0.717, 1.165) is 11.5 Å². The molecule has 7 nitrogen and oxygen atoms in total. The van der Waals surface area contributed by atoms with Crippen molar-refractivity contribution in [3.8, 4) is 11.5 Å². The Morgan fingerprint density at radius 3 is 2.33 bits per heavy atom. The summed E-state index contributed by atoms with van der Waals surface area (Å²) in [5, 5.41) is 29.1. The predicted octanol–water partition coefficient (Wildman–Crippen LogP) is 3.91. The van der Waals surface area contributed by atoms with Crippen LogP contribution in [0.2, 0.25) is 0 Å². The van der Waals surface area contributed by atoms with Crippen molar-refractivity contribution in [3.63, 3.8) is 0 Å². The second-order valence-electron chi connectivity index (χ2n) is 4.95. The zero-order valence-corrected chi connectivity index (χ0v) is 13.0. The summed E-state index contributed by atoms with van der Waals surface area (Å²) in [6.45, 7) is 0. The highest BCUT2D eigenvalue weighted by Gasteiger charge is 2.18. The van der Waals surface area contributed by atoms with Gasteiger partial charge in [0.2, 0.25) is 0 Å². The zero-order valence-electron chi connectivity index (χ0n) is 12.2. The number of hydrogen-bond acceptors (Lipinski definition) is 6. The molecule has 0 aliphatic heterocycles. The molecule has 3 N–H and O–H groups in total. The first-order chi connectivity index (χ1) is 11.4. The van der Waals surface area contributed by atoms with Gasteiger partial charge in [-0.3, -0.25) is 4.55 Å². The van der Waals surface area contributed by atoms with Gasteiger partial charge < -0.3 is 10.2 Å². The maximum Gasteiger partial charge on any atom is 0.298 e. The van der Waals surface area contributed by atoms with Gasteiger partial charge in [-0.15, -0.1) is 10.2 Å². The number of aromatic hydroxyl groups is 2. The van der Waals surface area contributed by atoms with Crippen LogP contribution in [-0.4, -0.2) is 23.2 Å². The highest BCUT2D eigenvalue weighted by molar-refractivity contribution is 7.86. The summed E-state index contributed by atoms with van der Waals surface area (Å²) in [5.74, 6) is -0.827. The van der Waals surface area contributed by atoms with Crippen LogP contribution in [0.3, 0.4) is 0 Å². The molecular formula is C16H12N2O5S. The Morgan fingerprint density at radius 2 is 1.58 bits per heavy atom. The first-order valence-corrected chi connectivity index (χ1v) is 8.24. The fraction of sp³-hybridized carbons (Fsp3) is 0. The normalized spacial score (nSPS) is 12.0. The molecule has 0 radical (unpaired) electrons. The lowest BCUT2D eigenvalue weighted by Crippen LogP contribution is -1.97. The number of nitrogens with zero attached hydrogens (tertiary/aromatic N) is 2. The zero-order chi connectivity index (χ0) is 17.3. The molecule has 0 fully saturated rings. The molecule has 3 aromatic carbocycles. The summed E-state index contributed by atoms with van der Waals surface area (Å²) < 4.78 is 31.4. The van der Waals surface area contributed by atoms with Crippen LogP contribution in [0.4, 0.5) is 11.4 Å². The van der Waals surface area contributed by atoms with Crippen LogP contribution >= 0.6 is 0 Å². The molecule has 0 unspecified atom stereocenters. The Morgan fingerprint density at radius 1 is 0.833 bits per heavy atom. The third kappa shape index (κ3) is 2.92. The molecule has 3 aromatic rings. The van der Waals surface area contributed by atoms with E-state index < -0.39 is 20.8 Å². The van der Waals surface area contributed by atoms with Gasteiger partial charge in [-0.1, -0.05) is 36.4 Å². The topological polar surface area (TPSA) is 120 Å². The number of azo groups is 1. The first kappa shape index (κ1) is 15.9. The molecule has 8 heteroatoms. The SMILES string of the molecule is O=S(=O)(O)c1cccc(N=Nc2c(O)ccc3ccccc23)c1O. The van der Waals surface area contributed by atoms with Crippen molar-refractivity contribution in [1.82, 2.24) is 0 Å². The summed E-state index contributed by atoms with van der Waals surface area (Å²) in [4.78, 5) is -0.666. The van der Waals surface area contributed by atoms with Gasteiger partial charge in [-0.2, -0.15) is 8.42 Å². The molecule has 0 heterocycles. The number of phenols is 2. The second-order valence-corrected chi connectivity index (χ2v) is 6.34. The summed E-state index contributed by atoms with van der Waals surface area (Å²) >= 11 is 0. The van der Waals surface area contributed by atoms with E-state index in [2.05, 4.69) is 10.2 Å². The van der Waals surface area contributed by atoms with Crippen molar-refractivity contribution in [2.24, 2.45) is 10.2 Å². The standard InChI is InChI=1S/C16H12N2O5S/c19-13-9-8-10-4-1-2-5-11(10)15(13)18-17-12-6-3-7-14(16(12)20)24(21,22)23/h1-9,19-20H,(H,21,22,23). The largest absolute Gasteiger partial charge is 0.506 e. The van der Waals surface area contributed by atoms with E-state index in [9.17, 15) is 18.6 Å². The number of hydrogen-bond donors (Lipinski definition) is 3. The van der Waals surface area contributed by atoms with Crippen LogP contribution < -0.4 is 0 Å². The fourth-order valence-corrected chi connectivity index (χ4v) is 2.85. The molecule has 0 aromatic heterocycles. The van der Waals surface area contributed by atoms with E-state index in [1.54, 1.807) is 18.2 Å². The molecular weight excluding hydrogens is 332 g/mol. The van der Waals surface area contributed by atoms with E-state index in [-0.39, 0.29) is 17.1 Å². The van der Waals surface area contributed by atoms with Crippen molar-refractivity contribution in [2.45, 2.75) is 4.90 Å². The van der Waals surface area contributed by atoms with E-state index in [1.807, 2.05) is 12.1 Å². The molecule has 122 valence electrons. The Balaban J connectivity index is 2.12. The van der Waals surface area contributed by atoms with Crippen molar-refractivity contribution in [2.75, 3.05) is 0 Å². The van der Waals surface area contributed by atoms with Gasteiger partial charge >= 0.3 is 0 Å². The van der Waals surface area contributed by atoms with Gasteiger partial charge in [-0.25, -0.2) is 0 Å². The second kappa shape index (κ2) is 5.91. The van der Waals surface area contributed by atoms with Gasteiger partial charge in [-0.05, 0) is 23.6 Å². The molecule has 0 aliphatic rings. The van der Waals surface area contributed by atoms with Crippen molar-refractivity contribution in [1.29, 1.82) is 0 Å². The molecule has 0 amide bonds. The average Bonchev–Trinajstić information content (AvgIpc) is 2.54. The van der Waals surface area contributed by atoms with E-state index >= 15 is 0 Å². The molecule has 0 aliphatic carbocycles. The smallest absolute Gasteiger partial charge is 0.298 e. The van der Waals surface area contributed by atoms with E-state index in [0.29, 0.717) is 5.39 Å². The van der Waals surface area contributed by atoms with Crippen molar-refractivity contribution >= 4 is 32.3 Å². The minimum Gasteiger partial charge on any atom is -0.506 e. The highest BCUT2D eigenvalue weighted by Crippen LogP contribution is 2.38. The lowest BCUT2D eigenvalue weighted by Gasteiger charge is -2.05. The Labute approximate surface area is 137 Å². The van der Waals surface area contributed by atoms with Crippen LogP contribution in [0.5, 0.6) is 11.5 Å². The van der Waals surface area contributed by atoms with Gasteiger partial charge in [0, 0.05) is 5.39 Å². The summed E-state index contributed by atoms with van der Waals surface area (Å²) in [6.07, 6.45) is 0. The lowest BCUT2D eigenvalue weighted by atomic mass is 10.1. The van der Waals surface area contributed by atoms with Crippen LogP contribution in [0, 0.1) is 0 Å².